The van der Waals surface area contributed by atoms with Gasteiger partial charge < -0.3 is 4.90 Å². The van der Waals surface area contributed by atoms with Crippen molar-refractivity contribution in [3.05, 3.63) is 30.3 Å². The monoisotopic (exact) mass is 259 g/mol. The highest BCUT2D eigenvalue weighted by Gasteiger charge is 2.42. The Morgan fingerprint density at radius 1 is 1.17 bits per heavy atom. The first kappa shape index (κ1) is 14.5. The zero-order chi connectivity index (χ0) is 13.6. The van der Waals surface area contributed by atoms with Crippen molar-refractivity contribution in [2.75, 3.05) is 11.4 Å². The van der Waals surface area contributed by atoms with E-state index in [1.165, 1.54) is 12.1 Å². The number of anilines is 1. The van der Waals surface area contributed by atoms with Crippen LogP contribution in [0.2, 0.25) is 0 Å². The Hall–Kier alpha value is -1.52. The average molecular weight is 259 g/mol. The van der Waals surface area contributed by atoms with Crippen molar-refractivity contribution in [2.45, 2.75) is 32.4 Å². The number of nitrogens with zero attached hydrogens (tertiary/aromatic N) is 1. The smallest absolute Gasteiger partial charge is 0.305 e. The fraction of sp³-hybridized carbons (Fsp3) is 0.462. The largest absolute Gasteiger partial charge is 0.471 e. The second-order valence-corrected chi connectivity index (χ2v) is 4.00. The number of halogens is 3. The third-order valence-corrected chi connectivity index (χ3v) is 2.54. The molecule has 0 saturated carbocycles. The van der Waals surface area contributed by atoms with E-state index in [1.807, 2.05) is 6.92 Å². The maximum atomic E-state index is 12.5. The molecule has 0 aliphatic heterocycles. The van der Waals surface area contributed by atoms with Gasteiger partial charge in [-0.1, -0.05) is 38.0 Å². The molecule has 0 aliphatic rings. The van der Waals surface area contributed by atoms with E-state index in [0.717, 1.165) is 17.7 Å². The minimum Gasteiger partial charge on any atom is -0.305 e. The molecule has 0 fully saturated rings. The normalized spacial score (nSPS) is 11.3. The lowest BCUT2D eigenvalue weighted by molar-refractivity contribution is -0.170. The summed E-state index contributed by atoms with van der Waals surface area (Å²) in [5, 5.41) is 0. The Bertz CT molecular complexity index is 376. The van der Waals surface area contributed by atoms with Crippen LogP contribution >= 0.6 is 0 Å². The van der Waals surface area contributed by atoms with E-state index in [4.69, 9.17) is 0 Å². The van der Waals surface area contributed by atoms with Gasteiger partial charge in [-0.3, -0.25) is 4.79 Å². The summed E-state index contributed by atoms with van der Waals surface area (Å²) >= 11 is 0. The van der Waals surface area contributed by atoms with Gasteiger partial charge in [0.05, 0.1) is 0 Å². The molecule has 1 aromatic carbocycles. The van der Waals surface area contributed by atoms with Gasteiger partial charge >= 0.3 is 12.1 Å². The van der Waals surface area contributed by atoms with E-state index in [-0.39, 0.29) is 12.2 Å². The highest BCUT2D eigenvalue weighted by Crippen LogP contribution is 2.24. The summed E-state index contributed by atoms with van der Waals surface area (Å²) in [7, 11) is 0. The fourth-order valence-electron chi connectivity index (χ4n) is 1.63. The Morgan fingerprint density at radius 2 is 1.78 bits per heavy atom. The third-order valence-electron chi connectivity index (χ3n) is 2.54. The quantitative estimate of drug-likeness (QED) is 0.737. The Labute approximate surface area is 104 Å². The zero-order valence-electron chi connectivity index (χ0n) is 10.2. The summed E-state index contributed by atoms with van der Waals surface area (Å²) in [6.45, 7) is 2.05. The number of alkyl halides is 3. The summed E-state index contributed by atoms with van der Waals surface area (Å²) in [6.07, 6.45) is -2.58. The summed E-state index contributed by atoms with van der Waals surface area (Å²) in [5.41, 5.74) is 0.288. The highest BCUT2D eigenvalue weighted by molar-refractivity contribution is 5.97. The maximum Gasteiger partial charge on any atom is 0.471 e. The lowest BCUT2D eigenvalue weighted by atomic mass is 10.2. The van der Waals surface area contributed by atoms with Gasteiger partial charge in [-0.15, -0.1) is 0 Å². The highest BCUT2D eigenvalue weighted by atomic mass is 19.4. The number of amides is 1. The van der Waals surface area contributed by atoms with Crippen LogP contribution in [0, 0.1) is 0 Å². The van der Waals surface area contributed by atoms with Crippen molar-refractivity contribution in [3.8, 4) is 0 Å². The molecular weight excluding hydrogens is 243 g/mol. The lowest BCUT2D eigenvalue weighted by Gasteiger charge is -2.23. The van der Waals surface area contributed by atoms with Crippen LogP contribution in [0.25, 0.3) is 0 Å². The van der Waals surface area contributed by atoms with Gasteiger partial charge in [0.2, 0.25) is 0 Å². The van der Waals surface area contributed by atoms with E-state index in [0.29, 0.717) is 6.42 Å². The van der Waals surface area contributed by atoms with Crippen LogP contribution in [0.3, 0.4) is 0 Å². The molecule has 0 unspecified atom stereocenters. The first-order valence-electron chi connectivity index (χ1n) is 5.90. The third kappa shape index (κ3) is 4.05. The summed E-state index contributed by atoms with van der Waals surface area (Å²) in [5.74, 6) is -1.80. The molecule has 0 radical (unpaired) electrons. The Balaban J connectivity index is 2.85. The molecule has 0 atom stereocenters. The van der Waals surface area contributed by atoms with E-state index in [9.17, 15) is 18.0 Å². The molecule has 100 valence electrons. The molecule has 1 rings (SSSR count). The molecule has 0 N–H and O–H groups in total. The number of carbonyl (C=O) groups excluding carboxylic acids is 1. The number of carbonyl (C=O) groups is 1. The number of rotatable bonds is 5. The first-order valence-corrected chi connectivity index (χ1v) is 5.90. The van der Waals surface area contributed by atoms with Gasteiger partial charge in [0.25, 0.3) is 0 Å². The topological polar surface area (TPSA) is 20.3 Å². The van der Waals surface area contributed by atoms with Crippen molar-refractivity contribution >= 4 is 11.6 Å². The first-order chi connectivity index (χ1) is 8.46. The van der Waals surface area contributed by atoms with Gasteiger partial charge in [0.1, 0.15) is 0 Å². The van der Waals surface area contributed by atoms with Gasteiger partial charge in [0.15, 0.2) is 0 Å². The maximum absolute atomic E-state index is 12.5. The molecule has 18 heavy (non-hydrogen) atoms. The summed E-state index contributed by atoms with van der Waals surface area (Å²) in [4.78, 5) is 12.2. The number of unbranched alkanes of at least 4 members (excludes halogenated alkanes) is 2. The van der Waals surface area contributed by atoms with Crippen LogP contribution < -0.4 is 4.90 Å². The van der Waals surface area contributed by atoms with Crippen LogP contribution in [0.5, 0.6) is 0 Å². The van der Waals surface area contributed by atoms with Gasteiger partial charge in [0, 0.05) is 12.2 Å². The Kier molecular flexibility index (Phi) is 5.19. The predicted molar refractivity (Wildman–Crippen MR) is 64.4 cm³/mol. The predicted octanol–water partition coefficient (Wildman–Crippen LogP) is 3.77. The second kappa shape index (κ2) is 6.42. The minimum atomic E-state index is -4.83. The molecule has 0 spiro atoms. The van der Waals surface area contributed by atoms with Gasteiger partial charge in [-0.05, 0) is 18.6 Å². The molecule has 2 nitrogen and oxygen atoms in total. The van der Waals surface area contributed by atoms with Gasteiger partial charge in [-0.25, -0.2) is 0 Å². The van der Waals surface area contributed by atoms with E-state index in [1.54, 1.807) is 18.2 Å². The van der Waals surface area contributed by atoms with Crippen LogP contribution in [0.1, 0.15) is 26.2 Å². The van der Waals surface area contributed by atoms with E-state index >= 15 is 0 Å². The van der Waals surface area contributed by atoms with Crippen LogP contribution in [0.15, 0.2) is 30.3 Å². The molecule has 1 amide bonds. The number of hydrogen-bond acceptors (Lipinski definition) is 1. The minimum absolute atomic E-state index is 0.0934. The average Bonchev–Trinajstić information content (AvgIpc) is 2.34. The number of para-hydroxylation sites is 1. The molecule has 5 heteroatoms. The molecule has 0 bridgehead atoms. The van der Waals surface area contributed by atoms with Crippen LogP contribution in [0.4, 0.5) is 18.9 Å². The molecule has 0 aromatic heterocycles. The molecular formula is C13H16F3NO. The molecule has 0 heterocycles. The number of hydrogen-bond donors (Lipinski definition) is 0. The summed E-state index contributed by atoms with van der Waals surface area (Å²) in [6, 6.07) is 7.95. The van der Waals surface area contributed by atoms with Crippen molar-refractivity contribution in [2.24, 2.45) is 0 Å². The summed E-state index contributed by atoms with van der Waals surface area (Å²) < 4.78 is 37.5. The van der Waals surface area contributed by atoms with E-state index in [2.05, 4.69) is 0 Å². The molecule has 1 aromatic rings. The number of benzene rings is 1. The van der Waals surface area contributed by atoms with Crippen LogP contribution in [-0.4, -0.2) is 18.6 Å². The zero-order valence-corrected chi connectivity index (χ0v) is 10.2. The standard InChI is InChI=1S/C13H16F3NO/c1-2-3-7-10-17(12(18)13(14,15)16)11-8-5-4-6-9-11/h4-6,8-9H,2-3,7,10H2,1H3. The van der Waals surface area contributed by atoms with E-state index < -0.39 is 12.1 Å². The van der Waals surface area contributed by atoms with Crippen molar-refractivity contribution in [1.29, 1.82) is 0 Å². The van der Waals surface area contributed by atoms with Crippen molar-refractivity contribution in [1.82, 2.24) is 0 Å². The Morgan fingerprint density at radius 3 is 2.28 bits per heavy atom. The van der Waals surface area contributed by atoms with Crippen LogP contribution in [-0.2, 0) is 4.79 Å². The second-order valence-electron chi connectivity index (χ2n) is 4.00. The SMILES string of the molecule is CCCCCN(C(=O)C(F)(F)F)c1ccccc1. The van der Waals surface area contributed by atoms with Gasteiger partial charge in [-0.2, -0.15) is 13.2 Å². The van der Waals surface area contributed by atoms with Crippen molar-refractivity contribution in [3.63, 3.8) is 0 Å². The molecule has 0 saturated heterocycles. The molecule has 0 aliphatic carbocycles. The van der Waals surface area contributed by atoms with Crippen molar-refractivity contribution < 1.29 is 18.0 Å². The fourth-order valence-corrected chi connectivity index (χ4v) is 1.63. The lowest BCUT2D eigenvalue weighted by Crippen LogP contribution is -2.41.